The smallest absolute Gasteiger partial charge is 0.409 e. The van der Waals surface area contributed by atoms with Crippen LogP contribution in [0.5, 0.6) is 0 Å². The van der Waals surface area contributed by atoms with Gasteiger partial charge in [-0.3, -0.25) is 4.79 Å². The van der Waals surface area contributed by atoms with Crippen LogP contribution in [0.15, 0.2) is 30.3 Å². The number of piperazine rings is 1. The van der Waals surface area contributed by atoms with E-state index in [0.717, 1.165) is 5.56 Å². The maximum Gasteiger partial charge on any atom is 0.409 e. The molecular formula is C15H21N3O3. The number of amides is 2. The van der Waals surface area contributed by atoms with E-state index in [1.165, 1.54) is 7.11 Å². The molecule has 1 unspecified atom stereocenters. The minimum Gasteiger partial charge on any atom is -0.453 e. The van der Waals surface area contributed by atoms with E-state index < -0.39 is 0 Å². The van der Waals surface area contributed by atoms with Gasteiger partial charge in [-0.1, -0.05) is 30.3 Å². The molecule has 1 fully saturated rings. The average molecular weight is 291 g/mol. The Hall–Kier alpha value is -2.08. The molecule has 0 saturated carbocycles. The van der Waals surface area contributed by atoms with E-state index in [-0.39, 0.29) is 24.5 Å². The molecule has 0 aromatic heterocycles. The molecule has 1 aliphatic heterocycles. The fourth-order valence-electron chi connectivity index (χ4n) is 2.40. The van der Waals surface area contributed by atoms with Crippen LogP contribution < -0.4 is 5.73 Å². The van der Waals surface area contributed by atoms with Gasteiger partial charge in [-0.25, -0.2) is 4.79 Å². The highest BCUT2D eigenvalue weighted by Crippen LogP contribution is 2.15. The summed E-state index contributed by atoms with van der Waals surface area (Å²) in [5, 5.41) is 0. The van der Waals surface area contributed by atoms with Crippen molar-refractivity contribution in [3.05, 3.63) is 35.9 Å². The third kappa shape index (κ3) is 3.95. The second-order valence-corrected chi connectivity index (χ2v) is 5.06. The van der Waals surface area contributed by atoms with Crippen LogP contribution in [0, 0.1) is 0 Å². The molecule has 1 aliphatic rings. The molecule has 0 spiro atoms. The molecule has 0 aliphatic carbocycles. The summed E-state index contributed by atoms with van der Waals surface area (Å²) in [6.45, 7) is 2.04. The van der Waals surface area contributed by atoms with Crippen molar-refractivity contribution in [2.75, 3.05) is 33.3 Å². The number of methoxy groups -OCH3 is 1. The van der Waals surface area contributed by atoms with E-state index in [1.807, 2.05) is 30.3 Å². The van der Waals surface area contributed by atoms with Gasteiger partial charge in [0.15, 0.2) is 0 Å². The number of benzene rings is 1. The third-order valence-corrected chi connectivity index (χ3v) is 3.69. The summed E-state index contributed by atoms with van der Waals surface area (Å²) in [7, 11) is 1.36. The zero-order valence-electron chi connectivity index (χ0n) is 12.2. The molecule has 1 aromatic rings. The summed E-state index contributed by atoms with van der Waals surface area (Å²) in [5.74, 6) is 0.0240. The van der Waals surface area contributed by atoms with Gasteiger partial charge in [-0.15, -0.1) is 0 Å². The van der Waals surface area contributed by atoms with Gasteiger partial charge in [0.1, 0.15) is 0 Å². The van der Waals surface area contributed by atoms with E-state index >= 15 is 0 Å². The highest BCUT2D eigenvalue weighted by molar-refractivity contribution is 5.77. The maximum atomic E-state index is 12.2. The number of ether oxygens (including phenoxy) is 1. The topological polar surface area (TPSA) is 75.9 Å². The minimum atomic E-state index is -0.344. The maximum absolute atomic E-state index is 12.2. The van der Waals surface area contributed by atoms with Crippen LogP contribution in [0.1, 0.15) is 18.0 Å². The first-order valence-corrected chi connectivity index (χ1v) is 7.03. The molecule has 114 valence electrons. The zero-order chi connectivity index (χ0) is 15.2. The monoisotopic (exact) mass is 291 g/mol. The summed E-state index contributed by atoms with van der Waals surface area (Å²) in [4.78, 5) is 27.0. The molecular weight excluding hydrogens is 270 g/mol. The molecule has 2 N–H and O–H groups in total. The lowest BCUT2D eigenvalue weighted by Crippen LogP contribution is -2.50. The summed E-state index contributed by atoms with van der Waals surface area (Å²) in [6, 6.07) is 9.30. The standard InChI is InChI=1S/C15H21N3O3/c1-21-15(20)18-9-7-17(8-10-18)14(19)11-13(16)12-5-3-2-4-6-12/h2-6,13H,7-11,16H2,1H3. The van der Waals surface area contributed by atoms with Crippen molar-refractivity contribution < 1.29 is 14.3 Å². The quantitative estimate of drug-likeness (QED) is 0.901. The van der Waals surface area contributed by atoms with Gasteiger partial charge in [0.05, 0.1) is 7.11 Å². The van der Waals surface area contributed by atoms with Crippen molar-refractivity contribution in [2.45, 2.75) is 12.5 Å². The fourth-order valence-corrected chi connectivity index (χ4v) is 2.40. The number of hydrogen-bond donors (Lipinski definition) is 1. The van der Waals surface area contributed by atoms with Crippen molar-refractivity contribution in [3.63, 3.8) is 0 Å². The number of hydrogen-bond acceptors (Lipinski definition) is 4. The summed E-state index contributed by atoms with van der Waals surface area (Å²) in [6.07, 6.45) is -0.0644. The van der Waals surface area contributed by atoms with Gasteiger partial charge in [0.2, 0.25) is 5.91 Å². The van der Waals surface area contributed by atoms with Gasteiger partial charge in [0.25, 0.3) is 0 Å². The number of rotatable bonds is 3. The Morgan fingerprint density at radius 3 is 2.29 bits per heavy atom. The Kier molecular flexibility index (Phi) is 5.16. The van der Waals surface area contributed by atoms with Gasteiger partial charge in [-0.05, 0) is 5.56 Å². The van der Waals surface area contributed by atoms with E-state index in [1.54, 1.807) is 9.80 Å². The third-order valence-electron chi connectivity index (χ3n) is 3.69. The first kappa shape index (κ1) is 15.3. The van der Waals surface area contributed by atoms with Crippen LogP contribution in [0.3, 0.4) is 0 Å². The Bertz CT molecular complexity index is 484. The molecule has 6 heteroatoms. The van der Waals surface area contributed by atoms with Gasteiger partial charge >= 0.3 is 6.09 Å². The fraction of sp³-hybridized carbons (Fsp3) is 0.467. The van der Waals surface area contributed by atoms with Gasteiger partial charge in [0, 0.05) is 38.6 Å². The van der Waals surface area contributed by atoms with Crippen LogP contribution in [-0.4, -0.2) is 55.1 Å². The molecule has 1 heterocycles. The predicted molar refractivity (Wildman–Crippen MR) is 78.5 cm³/mol. The lowest BCUT2D eigenvalue weighted by molar-refractivity contribution is -0.133. The zero-order valence-corrected chi connectivity index (χ0v) is 12.2. The van der Waals surface area contributed by atoms with E-state index in [0.29, 0.717) is 26.2 Å². The normalized spacial score (nSPS) is 16.5. The number of nitrogens with two attached hydrogens (primary N) is 1. The van der Waals surface area contributed by atoms with Crippen molar-refractivity contribution in [1.29, 1.82) is 0 Å². The number of carbonyl (C=O) groups is 2. The summed E-state index contributed by atoms with van der Waals surface area (Å²) in [5.41, 5.74) is 7.03. The lowest BCUT2D eigenvalue weighted by atomic mass is 10.0. The van der Waals surface area contributed by atoms with Crippen molar-refractivity contribution in [3.8, 4) is 0 Å². The van der Waals surface area contributed by atoms with E-state index in [9.17, 15) is 9.59 Å². The molecule has 2 rings (SSSR count). The number of nitrogens with zero attached hydrogens (tertiary/aromatic N) is 2. The van der Waals surface area contributed by atoms with Crippen LogP contribution in [0.25, 0.3) is 0 Å². The summed E-state index contributed by atoms with van der Waals surface area (Å²) < 4.78 is 4.67. The average Bonchev–Trinajstić information content (AvgIpc) is 2.55. The minimum absolute atomic E-state index is 0.0240. The lowest BCUT2D eigenvalue weighted by Gasteiger charge is -2.34. The van der Waals surface area contributed by atoms with Crippen LogP contribution >= 0.6 is 0 Å². The van der Waals surface area contributed by atoms with Crippen molar-refractivity contribution in [1.82, 2.24) is 9.80 Å². The van der Waals surface area contributed by atoms with Gasteiger partial charge < -0.3 is 20.3 Å². The number of carbonyl (C=O) groups excluding carboxylic acids is 2. The molecule has 6 nitrogen and oxygen atoms in total. The highest BCUT2D eigenvalue weighted by Gasteiger charge is 2.25. The molecule has 1 saturated heterocycles. The molecule has 0 radical (unpaired) electrons. The van der Waals surface area contributed by atoms with E-state index in [4.69, 9.17) is 5.73 Å². The van der Waals surface area contributed by atoms with Crippen molar-refractivity contribution in [2.24, 2.45) is 5.73 Å². The Labute approximate surface area is 124 Å². The molecule has 21 heavy (non-hydrogen) atoms. The Morgan fingerprint density at radius 1 is 1.14 bits per heavy atom. The molecule has 1 aromatic carbocycles. The van der Waals surface area contributed by atoms with Crippen LogP contribution in [0.2, 0.25) is 0 Å². The summed E-state index contributed by atoms with van der Waals surface area (Å²) >= 11 is 0. The van der Waals surface area contributed by atoms with Crippen LogP contribution in [-0.2, 0) is 9.53 Å². The molecule has 2 amide bonds. The first-order valence-electron chi connectivity index (χ1n) is 7.03. The molecule has 0 bridgehead atoms. The SMILES string of the molecule is COC(=O)N1CCN(C(=O)CC(N)c2ccccc2)CC1. The highest BCUT2D eigenvalue weighted by atomic mass is 16.5. The Morgan fingerprint density at radius 2 is 1.71 bits per heavy atom. The van der Waals surface area contributed by atoms with Crippen LogP contribution in [0.4, 0.5) is 4.79 Å². The largest absolute Gasteiger partial charge is 0.453 e. The second-order valence-electron chi connectivity index (χ2n) is 5.06. The molecule has 1 atom stereocenters. The Balaban J connectivity index is 1.84. The second kappa shape index (κ2) is 7.08. The van der Waals surface area contributed by atoms with E-state index in [2.05, 4.69) is 4.74 Å². The van der Waals surface area contributed by atoms with Crippen molar-refractivity contribution >= 4 is 12.0 Å². The van der Waals surface area contributed by atoms with Gasteiger partial charge in [-0.2, -0.15) is 0 Å². The predicted octanol–water partition coefficient (Wildman–Crippen LogP) is 0.987. The first-order chi connectivity index (χ1) is 10.1.